The quantitative estimate of drug-likeness (QED) is 0.842. The standard InChI is InChI=1S/C10H17N3O3S/c1-8(10-4-3-5-16-10)12-17(14,15)9-6-11-13(2)7-9/h6-8,10,12H,3-5H2,1-2H3/t8-,10-/m1/s1. The van der Waals surface area contributed by atoms with E-state index in [4.69, 9.17) is 4.74 Å². The van der Waals surface area contributed by atoms with Gasteiger partial charge in [-0.2, -0.15) is 5.10 Å². The van der Waals surface area contributed by atoms with E-state index in [9.17, 15) is 8.42 Å². The minimum atomic E-state index is -3.49. The van der Waals surface area contributed by atoms with E-state index in [1.807, 2.05) is 6.92 Å². The number of hydrogen-bond donors (Lipinski definition) is 1. The van der Waals surface area contributed by atoms with Crippen molar-refractivity contribution < 1.29 is 13.2 Å². The van der Waals surface area contributed by atoms with Crippen molar-refractivity contribution in [1.29, 1.82) is 0 Å². The summed E-state index contributed by atoms with van der Waals surface area (Å²) >= 11 is 0. The van der Waals surface area contributed by atoms with Crippen LogP contribution >= 0.6 is 0 Å². The van der Waals surface area contributed by atoms with Gasteiger partial charge in [-0.3, -0.25) is 4.68 Å². The van der Waals surface area contributed by atoms with Gasteiger partial charge in [0.25, 0.3) is 0 Å². The van der Waals surface area contributed by atoms with Gasteiger partial charge in [-0.15, -0.1) is 0 Å². The fourth-order valence-corrected chi connectivity index (χ4v) is 3.18. The number of aryl methyl sites for hydroxylation is 1. The van der Waals surface area contributed by atoms with Crippen LogP contribution in [0.3, 0.4) is 0 Å². The van der Waals surface area contributed by atoms with Crippen LogP contribution < -0.4 is 4.72 Å². The van der Waals surface area contributed by atoms with Crippen molar-refractivity contribution in [3.05, 3.63) is 12.4 Å². The maximum absolute atomic E-state index is 12.0. The molecule has 96 valence electrons. The van der Waals surface area contributed by atoms with Crippen molar-refractivity contribution in [2.75, 3.05) is 6.61 Å². The lowest BCUT2D eigenvalue weighted by Crippen LogP contribution is -2.40. The van der Waals surface area contributed by atoms with E-state index in [1.54, 1.807) is 7.05 Å². The summed E-state index contributed by atoms with van der Waals surface area (Å²) in [5.41, 5.74) is 0. The Morgan fingerprint density at radius 3 is 2.94 bits per heavy atom. The summed E-state index contributed by atoms with van der Waals surface area (Å²) < 4.78 is 33.5. The van der Waals surface area contributed by atoms with Gasteiger partial charge in [0, 0.05) is 25.9 Å². The second-order valence-corrected chi connectivity index (χ2v) is 6.03. The third-order valence-electron chi connectivity index (χ3n) is 2.86. The summed E-state index contributed by atoms with van der Waals surface area (Å²) in [6, 6.07) is -0.220. The Hall–Kier alpha value is -0.920. The number of sulfonamides is 1. The molecular formula is C10H17N3O3S. The highest BCUT2D eigenvalue weighted by Gasteiger charge is 2.27. The van der Waals surface area contributed by atoms with Crippen LogP contribution in [-0.2, 0) is 21.8 Å². The second-order valence-electron chi connectivity index (χ2n) is 4.31. The van der Waals surface area contributed by atoms with E-state index in [0.29, 0.717) is 6.61 Å². The zero-order valence-electron chi connectivity index (χ0n) is 9.96. The van der Waals surface area contributed by atoms with Crippen molar-refractivity contribution in [3.63, 3.8) is 0 Å². The number of aromatic nitrogens is 2. The molecule has 17 heavy (non-hydrogen) atoms. The van der Waals surface area contributed by atoms with Gasteiger partial charge in [0.2, 0.25) is 10.0 Å². The normalized spacial score (nSPS) is 22.8. The molecule has 1 N–H and O–H groups in total. The first-order valence-corrected chi connectivity index (χ1v) is 7.10. The molecule has 6 nitrogen and oxygen atoms in total. The van der Waals surface area contributed by atoms with Crippen molar-refractivity contribution in [1.82, 2.24) is 14.5 Å². The van der Waals surface area contributed by atoms with Crippen molar-refractivity contribution in [3.8, 4) is 0 Å². The predicted octanol–water partition coefficient (Wildman–Crippen LogP) is 0.266. The van der Waals surface area contributed by atoms with Crippen molar-refractivity contribution in [2.24, 2.45) is 7.05 Å². The molecule has 0 spiro atoms. The average Bonchev–Trinajstić information content (AvgIpc) is 2.86. The summed E-state index contributed by atoms with van der Waals surface area (Å²) in [6.45, 7) is 2.54. The molecule has 0 amide bonds. The topological polar surface area (TPSA) is 73.2 Å². The first-order valence-electron chi connectivity index (χ1n) is 5.61. The van der Waals surface area contributed by atoms with Gasteiger partial charge in [-0.1, -0.05) is 0 Å². The molecule has 1 aliphatic heterocycles. The number of rotatable bonds is 4. The molecule has 2 rings (SSSR count). The van der Waals surface area contributed by atoms with Crippen molar-refractivity contribution >= 4 is 10.0 Å². The minimum absolute atomic E-state index is 0.0264. The zero-order chi connectivity index (χ0) is 12.5. The van der Waals surface area contributed by atoms with Gasteiger partial charge >= 0.3 is 0 Å². The molecule has 0 aliphatic carbocycles. The molecule has 1 aromatic rings. The lowest BCUT2D eigenvalue weighted by molar-refractivity contribution is 0.0902. The van der Waals surface area contributed by atoms with E-state index in [2.05, 4.69) is 9.82 Å². The maximum atomic E-state index is 12.0. The lowest BCUT2D eigenvalue weighted by atomic mass is 10.1. The van der Waals surface area contributed by atoms with Gasteiger partial charge in [0.1, 0.15) is 4.90 Å². The monoisotopic (exact) mass is 259 g/mol. The van der Waals surface area contributed by atoms with Crippen LogP contribution in [0.5, 0.6) is 0 Å². The molecule has 0 bridgehead atoms. The Labute approximate surface area is 101 Å². The summed E-state index contributed by atoms with van der Waals surface area (Å²) in [7, 11) is -1.81. The summed E-state index contributed by atoms with van der Waals surface area (Å²) in [5, 5.41) is 3.85. The first kappa shape index (κ1) is 12.5. The summed E-state index contributed by atoms with van der Waals surface area (Å²) in [4.78, 5) is 0.185. The smallest absolute Gasteiger partial charge is 0.244 e. The van der Waals surface area contributed by atoms with Crippen LogP contribution in [-0.4, -0.2) is 37.0 Å². The molecule has 2 heterocycles. The third kappa shape index (κ3) is 2.85. The van der Waals surface area contributed by atoms with Gasteiger partial charge < -0.3 is 4.74 Å². The molecule has 1 aliphatic rings. The Kier molecular flexibility index (Phi) is 3.50. The fraction of sp³-hybridized carbons (Fsp3) is 0.700. The zero-order valence-corrected chi connectivity index (χ0v) is 10.8. The summed E-state index contributed by atoms with van der Waals surface area (Å²) in [5.74, 6) is 0. The molecule has 0 radical (unpaired) electrons. The number of ether oxygens (including phenoxy) is 1. The van der Waals surface area contributed by atoms with E-state index in [1.165, 1.54) is 17.1 Å². The SMILES string of the molecule is C[C@@H](NS(=O)(=O)c1cnn(C)c1)[C@H]1CCCO1. The molecule has 7 heteroatoms. The average molecular weight is 259 g/mol. The van der Waals surface area contributed by atoms with Crippen LogP contribution in [0, 0.1) is 0 Å². The second kappa shape index (κ2) is 4.75. The van der Waals surface area contributed by atoms with Crippen LogP contribution in [0.15, 0.2) is 17.3 Å². The largest absolute Gasteiger partial charge is 0.377 e. The number of nitrogens with zero attached hydrogens (tertiary/aromatic N) is 2. The fourth-order valence-electron chi connectivity index (χ4n) is 1.92. The lowest BCUT2D eigenvalue weighted by Gasteiger charge is -2.19. The van der Waals surface area contributed by atoms with Crippen LogP contribution in [0.4, 0.5) is 0 Å². The van der Waals surface area contributed by atoms with E-state index in [0.717, 1.165) is 12.8 Å². The van der Waals surface area contributed by atoms with E-state index >= 15 is 0 Å². The highest BCUT2D eigenvalue weighted by atomic mass is 32.2. The molecule has 1 fully saturated rings. The molecule has 0 unspecified atom stereocenters. The Morgan fingerprint density at radius 1 is 1.65 bits per heavy atom. The maximum Gasteiger partial charge on any atom is 0.244 e. The van der Waals surface area contributed by atoms with E-state index < -0.39 is 10.0 Å². The van der Waals surface area contributed by atoms with Gasteiger partial charge in [-0.05, 0) is 19.8 Å². The highest BCUT2D eigenvalue weighted by molar-refractivity contribution is 7.89. The highest BCUT2D eigenvalue weighted by Crippen LogP contribution is 2.17. The van der Waals surface area contributed by atoms with Crippen LogP contribution in [0.25, 0.3) is 0 Å². The van der Waals surface area contributed by atoms with Crippen molar-refractivity contribution in [2.45, 2.75) is 36.8 Å². The van der Waals surface area contributed by atoms with Gasteiger partial charge in [-0.25, -0.2) is 13.1 Å². The van der Waals surface area contributed by atoms with Crippen LogP contribution in [0.1, 0.15) is 19.8 Å². The molecule has 2 atom stereocenters. The van der Waals surface area contributed by atoms with Gasteiger partial charge in [0.15, 0.2) is 0 Å². The molecule has 1 saturated heterocycles. The Balaban J connectivity index is 2.06. The Bertz CT molecular complexity index is 477. The Morgan fingerprint density at radius 2 is 2.41 bits per heavy atom. The predicted molar refractivity (Wildman–Crippen MR) is 62.0 cm³/mol. The molecule has 0 saturated carbocycles. The van der Waals surface area contributed by atoms with Gasteiger partial charge in [0.05, 0.1) is 12.3 Å². The number of nitrogens with one attached hydrogen (secondary N) is 1. The minimum Gasteiger partial charge on any atom is -0.377 e. The van der Waals surface area contributed by atoms with Crippen LogP contribution in [0.2, 0.25) is 0 Å². The molecular weight excluding hydrogens is 242 g/mol. The first-order chi connectivity index (χ1) is 7.99. The molecule has 1 aromatic heterocycles. The third-order valence-corrected chi connectivity index (χ3v) is 4.37. The number of hydrogen-bond acceptors (Lipinski definition) is 4. The summed E-state index contributed by atoms with van der Waals surface area (Å²) in [6.07, 6.45) is 4.68. The van der Waals surface area contributed by atoms with E-state index in [-0.39, 0.29) is 17.0 Å². The molecule has 0 aromatic carbocycles.